The highest BCUT2D eigenvalue weighted by Crippen LogP contribution is 2.25. The summed E-state index contributed by atoms with van der Waals surface area (Å²) in [6.45, 7) is 1.61. The van der Waals surface area contributed by atoms with Crippen LogP contribution >= 0.6 is 11.3 Å². The number of aromatic nitrogens is 3. The summed E-state index contributed by atoms with van der Waals surface area (Å²) in [5.74, 6) is -0.894. The van der Waals surface area contributed by atoms with Gasteiger partial charge in [-0.1, -0.05) is 0 Å². The molecule has 0 radical (unpaired) electrons. The minimum Gasteiger partial charge on any atom is -0.361 e. The lowest BCUT2D eigenvalue weighted by Gasteiger charge is -2.36. The molecule has 1 aromatic carbocycles. The van der Waals surface area contributed by atoms with E-state index in [2.05, 4.69) is 30.9 Å². The zero-order valence-corrected chi connectivity index (χ0v) is 19.8. The summed E-state index contributed by atoms with van der Waals surface area (Å²) in [5, 5.41) is 12.4. The number of halogens is 1. The largest absolute Gasteiger partial charge is 0.361 e. The van der Waals surface area contributed by atoms with Gasteiger partial charge in [-0.3, -0.25) is 14.6 Å². The number of pyridine rings is 1. The summed E-state index contributed by atoms with van der Waals surface area (Å²) in [7, 11) is 0. The molecule has 1 fully saturated rings. The number of piperidine rings is 1. The molecule has 10 heteroatoms. The van der Waals surface area contributed by atoms with Crippen molar-refractivity contribution in [2.45, 2.75) is 24.8 Å². The van der Waals surface area contributed by atoms with E-state index in [0.29, 0.717) is 43.9 Å². The molecule has 4 heterocycles. The van der Waals surface area contributed by atoms with Gasteiger partial charge in [0.25, 0.3) is 5.91 Å². The Kier molecular flexibility index (Phi) is 6.56. The predicted molar refractivity (Wildman–Crippen MR) is 133 cm³/mol. The lowest BCUT2D eigenvalue weighted by molar-refractivity contribution is -0.128. The van der Waals surface area contributed by atoms with Gasteiger partial charge in [0.05, 0.1) is 0 Å². The Morgan fingerprint density at radius 3 is 2.86 bits per heavy atom. The molecule has 4 N–H and O–H groups in total. The van der Waals surface area contributed by atoms with E-state index >= 15 is 0 Å². The van der Waals surface area contributed by atoms with Crippen LogP contribution in [0.1, 0.15) is 28.9 Å². The van der Waals surface area contributed by atoms with Crippen molar-refractivity contribution in [2.75, 3.05) is 19.6 Å². The van der Waals surface area contributed by atoms with Crippen LogP contribution in [0.25, 0.3) is 21.5 Å². The number of thiazole rings is 1. The number of rotatable bonds is 7. The number of amides is 2. The average molecular weight is 493 g/mol. The van der Waals surface area contributed by atoms with Crippen LogP contribution in [0.2, 0.25) is 0 Å². The maximum absolute atomic E-state index is 13.7. The highest BCUT2D eigenvalue weighted by Gasteiger charge is 2.41. The molecule has 0 atom stereocenters. The lowest BCUT2D eigenvalue weighted by Crippen LogP contribution is -2.63. The molecule has 35 heavy (non-hydrogen) atoms. The monoisotopic (exact) mass is 492 g/mol. The summed E-state index contributed by atoms with van der Waals surface area (Å²) in [6, 6.07) is 8.31. The number of hydrogen-bond donors (Lipinski definition) is 4. The zero-order valence-electron chi connectivity index (χ0n) is 18.9. The van der Waals surface area contributed by atoms with Crippen LogP contribution in [0.15, 0.2) is 54.3 Å². The van der Waals surface area contributed by atoms with Gasteiger partial charge >= 0.3 is 0 Å². The van der Waals surface area contributed by atoms with Crippen molar-refractivity contribution in [2.24, 2.45) is 0 Å². The van der Waals surface area contributed by atoms with Crippen LogP contribution < -0.4 is 16.0 Å². The summed E-state index contributed by atoms with van der Waals surface area (Å²) in [5.41, 5.74) is 1.87. The predicted octanol–water partition coefficient (Wildman–Crippen LogP) is 3.04. The molecule has 0 bridgehead atoms. The molecule has 3 aromatic heterocycles. The molecule has 1 aliphatic heterocycles. The van der Waals surface area contributed by atoms with E-state index < -0.39 is 5.54 Å². The summed E-state index contributed by atoms with van der Waals surface area (Å²) in [4.78, 5) is 38.1. The van der Waals surface area contributed by atoms with Crippen LogP contribution in [0, 0.1) is 5.82 Å². The third-order valence-corrected chi connectivity index (χ3v) is 7.19. The first-order valence-corrected chi connectivity index (χ1v) is 12.3. The van der Waals surface area contributed by atoms with E-state index in [4.69, 9.17) is 0 Å². The number of nitrogens with zero attached hydrogens (tertiary/aromatic N) is 2. The maximum Gasteiger partial charge on any atom is 0.271 e. The summed E-state index contributed by atoms with van der Waals surface area (Å²) in [6.07, 6.45) is 6.70. The fraction of sp³-hybridized carbons (Fsp3) is 0.280. The molecular formula is C25H25FN6O2S. The Hall–Kier alpha value is -3.63. The molecule has 0 saturated carbocycles. The fourth-order valence-electron chi connectivity index (χ4n) is 4.38. The highest BCUT2D eigenvalue weighted by atomic mass is 32.1. The molecule has 1 aliphatic rings. The molecule has 2 amide bonds. The highest BCUT2D eigenvalue weighted by molar-refractivity contribution is 7.13. The smallest absolute Gasteiger partial charge is 0.271 e. The summed E-state index contributed by atoms with van der Waals surface area (Å²) >= 11 is 1.36. The fourth-order valence-corrected chi connectivity index (χ4v) is 5.17. The van der Waals surface area contributed by atoms with Crippen LogP contribution in [-0.4, -0.2) is 51.9 Å². The van der Waals surface area contributed by atoms with Crippen molar-refractivity contribution in [1.82, 2.24) is 30.9 Å². The van der Waals surface area contributed by atoms with Crippen LogP contribution in [0.3, 0.4) is 0 Å². The number of aromatic amines is 1. The van der Waals surface area contributed by atoms with Crippen LogP contribution in [-0.2, 0) is 11.2 Å². The summed E-state index contributed by atoms with van der Waals surface area (Å²) < 4.78 is 13.7. The second-order valence-corrected chi connectivity index (χ2v) is 9.43. The molecule has 8 nitrogen and oxygen atoms in total. The number of fused-ring (bicyclic) bond motifs is 1. The molecule has 1 saturated heterocycles. The second-order valence-electron chi connectivity index (χ2n) is 8.58. The molecule has 0 aliphatic carbocycles. The minimum absolute atomic E-state index is 0.221. The SMILES string of the molecule is O=C(NC1(C(=O)NCCc2c[nH]c3ccc(F)cc23)CCNCC1)c1csc(-c2cccnc2)n1. The maximum atomic E-state index is 13.7. The van der Waals surface area contributed by atoms with Crippen molar-refractivity contribution >= 4 is 34.1 Å². The Morgan fingerprint density at radius 2 is 2.06 bits per heavy atom. The third-order valence-electron chi connectivity index (χ3n) is 6.30. The van der Waals surface area contributed by atoms with Gasteiger partial charge in [-0.05, 0) is 68.2 Å². The Bertz CT molecular complexity index is 1350. The van der Waals surface area contributed by atoms with E-state index in [1.807, 2.05) is 18.3 Å². The van der Waals surface area contributed by atoms with E-state index in [9.17, 15) is 14.0 Å². The molecule has 4 aromatic rings. The standard InChI is InChI=1S/C25H25FN6O2S/c26-18-3-4-20-19(12-18)16(14-30-20)5-9-29-24(34)25(6-10-27-11-7-25)32-22(33)21-15-35-23(31-21)17-2-1-8-28-13-17/h1-4,8,12-15,27,30H,5-7,9-11H2,(H,29,34)(H,32,33). The van der Waals surface area contributed by atoms with Gasteiger partial charge in [-0.15, -0.1) is 11.3 Å². The van der Waals surface area contributed by atoms with Crippen molar-refractivity contribution in [3.8, 4) is 10.6 Å². The number of carbonyl (C=O) groups excluding carboxylic acids is 2. The minimum atomic E-state index is -1.02. The molecule has 180 valence electrons. The zero-order chi connectivity index (χ0) is 24.3. The van der Waals surface area contributed by atoms with Gasteiger partial charge in [-0.25, -0.2) is 9.37 Å². The number of nitrogens with one attached hydrogen (secondary N) is 4. The van der Waals surface area contributed by atoms with Crippen LogP contribution in [0.4, 0.5) is 4.39 Å². The Morgan fingerprint density at radius 1 is 1.20 bits per heavy atom. The Balaban J connectivity index is 1.26. The van der Waals surface area contributed by atoms with Gasteiger partial charge in [0, 0.05) is 47.0 Å². The Labute approximate surface area is 205 Å². The van der Waals surface area contributed by atoms with Crippen molar-refractivity contribution < 1.29 is 14.0 Å². The van der Waals surface area contributed by atoms with E-state index in [1.54, 1.807) is 23.8 Å². The molecule has 0 spiro atoms. The van der Waals surface area contributed by atoms with E-state index in [0.717, 1.165) is 22.0 Å². The first-order valence-electron chi connectivity index (χ1n) is 11.5. The molecule has 5 rings (SSSR count). The third kappa shape index (κ3) is 4.94. The number of hydrogen-bond acceptors (Lipinski definition) is 6. The molecule has 0 unspecified atom stereocenters. The van der Waals surface area contributed by atoms with Gasteiger partial charge in [0.15, 0.2) is 0 Å². The average Bonchev–Trinajstić information content (AvgIpc) is 3.53. The van der Waals surface area contributed by atoms with Crippen LogP contribution in [0.5, 0.6) is 0 Å². The topological polar surface area (TPSA) is 112 Å². The van der Waals surface area contributed by atoms with E-state index in [-0.39, 0.29) is 23.3 Å². The first kappa shape index (κ1) is 23.1. The quantitative estimate of drug-likeness (QED) is 0.317. The first-order chi connectivity index (χ1) is 17.0. The van der Waals surface area contributed by atoms with Crippen molar-refractivity contribution in [1.29, 1.82) is 0 Å². The van der Waals surface area contributed by atoms with Gasteiger partial charge < -0.3 is 20.9 Å². The second kappa shape index (κ2) is 9.93. The number of H-pyrrole nitrogens is 1. The van der Waals surface area contributed by atoms with Crippen molar-refractivity contribution in [3.05, 3.63) is 71.4 Å². The molecular weight excluding hydrogens is 467 g/mol. The van der Waals surface area contributed by atoms with Gasteiger partial charge in [0.1, 0.15) is 22.1 Å². The number of benzene rings is 1. The van der Waals surface area contributed by atoms with Gasteiger partial charge in [0.2, 0.25) is 5.91 Å². The van der Waals surface area contributed by atoms with E-state index in [1.165, 1.54) is 23.5 Å². The van der Waals surface area contributed by atoms with Gasteiger partial charge in [-0.2, -0.15) is 0 Å². The normalized spacial score (nSPS) is 15.1. The lowest BCUT2D eigenvalue weighted by atomic mass is 9.87. The van der Waals surface area contributed by atoms with Crippen molar-refractivity contribution in [3.63, 3.8) is 0 Å². The number of carbonyl (C=O) groups is 2.